The van der Waals surface area contributed by atoms with Crippen LogP contribution in [-0.4, -0.2) is 0 Å². The highest BCUT2D eigenvalue weighted by Gasteiger charge is 1.97. The van der Waals surface area contributed by atoms with Gasteiger partial charge in [-0.2, -0.15) is 0 Å². The van der Waals surface area contributed by atoms with Crippen LogP contribution in [0.15, 0.2) is 40.7 Å². The fourth-order valence-electron chi connectivity index (χ4n) is 1.63. The molecule has 0 aromatic heterocycles. The van der Waals surface area contributed by atoms with Crippen molar-refractivity contribution in [3.8, 4) is 0 Å². The van der Waals surface area contributed by atoms with Crippen molar-refractivity contribution in [3.05, 3.63) is 40.7 Å². The molecule has 0 radical (unpaired) electrons. The predicted octanol–water partition coefficient (Wildman–Crippen LogP) is 5.97. The van der Waals surface area contributed by atoms with Crippen molar-refractivity contribution < 1.29 is 0 Å². The van der Waals surface area contributed by atoms with Crippen molar-refractivity contribution >= 4 is 0 Å². The Bertz CT molecular complexity index is 329. The molecule has 0 aliphatic rings. The van der Waals surface area contributed by atoms with Crippen LogP contribution in [0.5, 0.6) is 0 Å². The zero-order valence-electron chi connectivity index (χ0n) is 12.3. The summed E-state index contributed by atoms with van der Waals surface area (Å²) in [6.07, 6.45) is 8.10. The summed E-state index contributed by atoms with van der Waals surface area (Å²) in [6.45, 7) is 14.8. The molecule has 0 saturated heterocycles. The van der Waals surface area contributed by atoms with Crippen molar-refractivity contribution in [2.24, 2.45) is 0 Å². The largest absolute Gasteiger partial charge is 0.118 e. The second kappa shape index (κ2) is 9.07. The molecular weight excluding hydrogens is 204 g/mol. The van der Waals surface area contributed by atoms with E-state index in [0.29, 0.717) is 0 Å². The topological polar surface area (TPSA) is 0 Å². The molecule has 96 valence electrons. The van der Waals surface area contributed by atoms with Gasteiger partial charge in [-0.25, -0.2) is 0 Å². The summed E-state index contributed by atoms with van der Waals surface area (Å²) in [6, 6.07) is 0. The third kappa shape index (κ3) is 8.77. The smallest absolute Gasteiger partial charge is 0.00376 e. The van der Waals surface area contributed by atoms with E-state index in [0.717, 1.165) is 19.3 Å². The van der Waals surface area contributed by atoms with Crippen LogP contribution in [0.25, 0.3) is 0 Å². The molecule has 0 rings (SSSR count). The van der Waals surface area contributed by atoms with Crippen LogP contribution in [0, 0.1) is 0 Å². The van der Waals surface area contributed by atoms with Gasteiger partial charge >= 0.3 is 0 Å². The average molecular weight is 232 g/mol. The van der Waals surface area contributed by atoms with E-state index < -0.39 is 0 Å². The molecule has 0 unspecified atom stereocenters. The molecule has 0 heterocycles. The minimum absolute atomic E-state index is 1.11. The molecule has 0 amide bonds. The summed E-state index contributed by atoms with van der Waals surface area (Å²) < 4.78 is 0. The van der Waals surface area contributed by atoms with Crippen molar-refractivity contribution in [3.63, 3.8) is 0 Å². The van der Waals surface area contributed by atoms with Crippen LogP contribution in [0.1, 0.15) is 66.7 Å². The first-order chi connectivity index (χ1) is 7.97. The Labute approximate surface area is 108 Å². The molecule has 17 heavy (non-hydrogen) atoms. The Morgan fingerprint density at radius 2 is 1.76 bits per heavy atom. The average Bonchev–Trinajstić information content (AvgIpc) is 2.23. The molecule has 0 aromatic rings. The first-order valence-electron chi connectivity index (χ1n) is 6.71. The van der Waals surface area contributed by atoms with Crippen LogP contribution in [0.4, 0.5) is 0 Å². The van der Waals surface area contributed by atoms with Crippen LogP contribution >= 0.6 is 0 Å². The minimum Gasteiger partial charge on any atom is -0.118 e. The maximum absolute atomic E-state index is 4.05. The Balaban J connectivity index is 4.62. The lowest BCUT2D eigenvalue weighted by molar-refractivity contribution is 0.791. The van der Waals surface area contributed by atoms with Crippen molar-refractivity contribution in [2.75, 3.05) is 0 Å². The maximum Gasteiger partial charge on any atom is -0.00376 e. The van der Waals surface area contributed by atoms with Gasteiger partial charge in [0, 0.05) is 0 Å². The van der Waals surface area contributed by atoms with Gasteiger partial charge in [-0.3, -0.25) is 0 Å². The van der Waals surface area contributed by atoms with E-state index in [9.17, 15) is 0 Å². The fourth-order valence-corrected chi connectivity index (χ4v) is 1.63. The van der Waals surface area contributed by atoms with Crippen molar-refractivity contribution in [1.29, 1.82) is 0 Å². The summed E-state index contributed by atoms with van der Waals surface area (Å²) in [4.78, 5) is 0. The summed E-state index contributed by atoms with van der Waals surface area (Å²) >= 11 is 0. The predicted molar refractivity (Wildman–Crippen MR) is 79.2 cm³/mol. The number of allylic oxidation sites excluding steroid dienone is 4. The Morgan fingerprint density at radius 3 is 2.24 bits per heavy atom. The first kappa shape index (κ1) is 16.0. The second-order valence-electron chi connectivity index (χ2n) is 5.09. The van der Waals surface area contributed by atoms with Crippen LogP contribution < -0.4 is 0 Å². The third-order valence-corrected chi connectivity index (χ3v) is 2.73. The number of unbranched alkanes of at least 4 members (excludes halogenated alkanes) is 1. The Hall–Kier alpha value is -1.00. The fraction of sp³-hybridized carbons (Fsp3) is 0.588. The highest BCUT2D eigenvalue weighted by molar-refractivity contribution is 5.27. The first-order valence-corrected chi connectivity index (χ1v) is 6.71. The van der Waals surface area contributed by atoms with Gasteiger partial charge in [-0.15, -0.1) is 5.73 Å². The van der Waals surface area contributed by atoms with E-state index in [1.807, 2.05) is 0 Å². The summed E-state index contributed by atoms with van der Waals surface area (Å²) in [5.74, 6) is 0. The highest BCUT2D eigenvalue weighted by Crippen LogP contribution is 2.16. The van der Waals surface area contributed by atoms with Crippen molar-refractivity contribution in [1.82, 2.24) is 0 Å². The van der Waals surface area contributed by atoms with Gasteiger partial charge < -0.3 is 0 Å². The molecule has 0 bridgehead atoms. The van der Waals surface area contributed by atoms with E-state index in [1.165, 1.54) is 35.1 Å². The van der Waals surface area contributed by atoms with Crippen LogP contribution in [0.2, 0.25) is 0 Å². The zero-order valence-corrected chi connectivity index (χ0v) is 12.3. The number of hydrogen-bond acceptors (Lipinski definition) is 0. The quantitative estimate of drug-likeness (QED) is 0.288. The molecule has 0 saturated carbocycles. The van der Waals surface area contributed by atoms with E-state index in [2.05, 4.69) is 53.0 Å². The second-order valence-corrected chi connectivity index (χ2v) is 5.09. The molecule has 0 aliphatic heterocycles. The van der Waals surface area contributed by atoms with E-state index in [4.69, 9.17) is 0 Å². The zero-order chi connectivity index (χ0) is 13.3. The SMILES string of the molecule is C=C(C)C(=C=C(C)CCC=C(C)C)CCCC. The monoisotopic (exact) mass is 232 g/mol. The molecule has 0 spiro atoms. The lowest BCUT2D eigenvalue weighted by Crippen LogP contribution is -1.85. The Kier molecular flexibility index (Phi) is 8.54. The van der Waals surface area contributed by atoms with Gasteiger partial charge in [0.1, 0.15) is 0 Å². The maximum atomic E-state index is 4.05. The van der Waals surface area contributed by atoms with Gasteiger partial charge in [0.2, 0.25) is 0 Å². The van der Waals surface area contributed by atoms with E-state index >= 15 is 0 Å². The molecule has 0 fully saturated rings. The number of hydrogen-bond donors (Lipinski definition) is 0. The van der Waals surface area contributed by atoms with Crippen LogP contribution in [0.3, 0.4) is 0 Å². The summed E-state index contributed by atoms with van der Waals surface area (Å²) in [7, 11) is 0. The van der Waals surface area contributed by atoms with E-state index in [-0.39, 0.29) is 0 Å². The number of rotatable bonds is 7. The van der Waals surface area contributed by atoms with Gasteiger partial charge in [-0.05, 0) is 70.1 Å². The standard InChI is InChI=1S/C17H28/c1-7-8-12-17(15(4)5)13-16(6)11-9-10-14(2)3/h10H,4,7-9,11-12H2,1-3,5-6H3. The molecular formula is C17H28. The minimum atomic E-state index is 1.11. The molecule has 0 aliphatic carbocycles. The Morgan fingerprint density at radius 1 is 1.12 bits per heavy atom. The summed E-state index contributed by atoms with van der Waals surface area (Å²) in [5.41, 5.74) is 8.74. The summed E-state index contributed by atoms with van der Waals surface area (Å²) in [5, 5.41) is 0. The lowest BCUT2D eigenvalue weighted by atomic mass is 10.0. The molecule has 0 aromatic carbocycles. The van der Waals surface area contributed by atoms with Gasteiger partial charge in [-0.1, -0.05) is 31.6 Å². The normalized spacial score (nSPS) is 9.47. The highest BCUT2D eigenvalue weighted by atomic mass is 14.0. The van der Waals surface area contributed by atoms with Crippen LogP contribution in [-0.2, 0) is 0 Å². The van der Waals surface area contributed by atoms with E-state index in [1.54, 1.807) is 0 Å². The van der Waals surface area contributed by atoms with Gasteiger partial charge in [0.05, 0.1) is 0 Å². The molecule has 0 nitrogen and oxygen atoms in total. The molecule has 0 heteroatoms. The van der Waals surface area contributed by atoms with Crippen molar-refractivity contribution in [2.45, 2.75) is 66.7 Å². The third-order valence-electron chi connectivity index (χ3n) is 2.73. The van der Waals surface area contributed by atoms with Gasteiger partial charge in [0.25, 0.3) is 0 Å². The van der Waals surface area contributed by atoms with Gasteiger partial charge in [0.15, 0.2) is 0 Å². The lowest BCUT2D eigenvalue weighted by Gasteiger charge is -2.03. The molecule has 0 atom stereocenters. The molecule has 0 N–H and O–H groups in total.